The second-order valence-corrected chi connectivity index (χ2v) is 9.42. The molecule has 0 radical (unpaired) electrons. The number of hydrogen-bond donors (Lipinski definition) is 1. The lowest BCUT2D eigenvalue weighted by Crippen LogP contribution is -2.78. The third-order valence-corrected chi connectivity index (χ3v) is 8.50. The van der Waals surface area contributed by atoms with E-state index in [4.69, 9.17) is 9.47 Å². The van der Waals surface area contributed by atoms with Crippen LogP contribution in [0.2, 0.25) is 0 Å². The molecular weight excluding hydrogens is 400 g/mol. The number of nitriles is 1. The lowest BCUT2D eigenvalue weighted by molar-refractivity contribution is -0.145. The van der Waals surface area contributed by atoms with Crippen molar-refractivity contribution in [2.24, 2.45) is 5.92 Å². The Morgan fingerprint density at radius 2 is 2.03 bits per heavy atom. The lowest BCUT2D eigenvalue weighted by Gasteiger charge is -2.61. The van der Waals surface area contributed by atoms with Gasteiger partial charge in [0, 0.05) is 47.3 Å². The van der Waals surface area contributed by atoms with E-state index >= 15 is 0 Å². The Bertz CT molecular complexity index is 998. The van der Waals surface area contributed by atoms with Gasteiger partial charge in [-0.1, -0.05) is 0 Å². The number of piperazine rings is 1. The van der Waals surface area contributed by atoms with Crippen molar-refractivity contribution in [2.45, 2.75) is 55.8 Å². The molecule has 6 aliphatic rings. The Morgan fingerprint density at radius 3 is 2.71 bits per heavy atom. The van der Waals surface area contributed by atoms with Gasteiger partial charge in [0.1, 0.15) is 12.3 Å². The molecule has 5 aliphatic heterocycles. The zero-order valence-corrected chi connectivity index (χ0v) is 17.8. The molecule has 0 saturated carbocycles. The maximum absolute atomic E-state index is 13.6. The molecule has 6 rings (SSSR count). The van der Waals surface area contributed by atoms with E-state index in [1.165, 1.54) is 7.11 Å². The Morgan fingerprint density at radius 1 is 1.26 bits per heavy atom. The number of carbonyl (C=O) groups is 2. The highest BCUT2D eigenvalue weighted by Crippen LogP contribution is 2.54. The van der Waals surface area contributed by atoms with Gasteiger partial charge in [0.25, 0.3) is 0 Å². The molecule has 0 amide bonds. The number of aliphatic hydroxyl groups excluding tert-OH is 1. The molecule has 9 nitrogen and oxygen atoms in total. The Hall–Kier alpha value is -2.09. The molecule has 8 atom stereocenters. The number of rotatable bonds is 2. The van der Waals surface area contributed by atoms with E-state index in [1.807, 2.05) is 4.90 Å². The molecule has 0 aromatic heterocycles. The van der Waals surface area contributed by atoms with Crippen LogP contribution < -0.4 is 0 Å². The van der Waals surface area contributed by atoms with Crippen LogP contribution in [-0.2, 0) is 19.1 Å². The zero-order valence-electron chi connectivity index (χ0n) is 17.8. The largest absolute Gasteiger partial charge is 0.492 e. The van der Waals surface area contributed by atoms with Crippen molar-refractivity contribution in [2.75, 3.05) is 33.9 Å². The highest BCUT2D eigenvalue weighted by Gasteiger charge is 2.68. The van der Waals surface area contributed by atoms with Crippen LogP contribution in [0.15, 0.2) is 22.5 Å². The summed E-state index contributed by atoms with van der Waals surface area (Å²) in [4.78, 5) is 33.7. The molecule has 9 heteroatoms. The van der Waals surface area contributed by atoms with Gasteiger partial charge in [0.05, 0.1) is 38.5 Å². The van der Waals surface area contributed by atoms with Gasteiger partial charge in [0.15, 0.2) is 11.5 Å². The van der Waals surface area contributed by atoms with Crippen molar-refractivity contribution in [3.8, 4) is 6.07 Å². The SMILES string of the molecule is COC1=C(C)C(=O)C2=C(C1=O)[C@@H](CO)N1[C@H]3[C@@H]4[C@H](C[C@H]([C@H]1C#N)N4C)[C@@H]1OCCN1[C@@H]23. The first-order valence-corrected chi connectivity index (χ1v) is 10.9. The van der Waals surface area contributed by atoms with Crippen LogP contribution in [0.4, 0.5) is 0 Å². The molecule has 4 saturated heterocycles. The van der Waals surface area contributed by atoms with Crippen molar-refractivity contribution >= 4 is 11.6 Å². The third-order valence-electron chi connectivity index (χ3n) is 8.50. The Kier molecular flexibility index (Phi) is 4.08. The van der Waals surface area contributed by atoms with Gasteiger partial charge in [-0.2, -0.15) is 5.26 Å². The van der Waals surface area contributed by atoms with Gasteiger partial charge in [-0.05, 0) is 20.4 Å². The number of methoxy groups -OCH3 is 1. The molecule has 5 heterocycles. The highest BCUT2D eigenvalue weighted by atomic mass is 16.5. The Balaban J connectivity index is 1.63. The van der Waals surface area contributed by atoms with Crippen LogP contribution in [0.3, 0.4) is 0 Å². The summed E-state index contributed by atoms with van der Waals surface area (Å²) in [5.41, 5.74) is 1.07. The lowest BCUT2D eigenvalue weighted by atomic mass is 9.69. The second kappa shape index (κ2) is 6.47. The van der Waals surface area contributed by atoms with Crippen LogP contribution >= 0.6 is 0 Å². The summed E-state index contributed by atoms with van der Waals surface area (Å²) < 4.78 is 11.5. The minimum Gasteiger partial charge on any atom is -0.492 e. The number of carbonyl (C=O) groups excluding carboxylic acids is 2. The number of nitrogens with zero attached hydrogens (tertiary/aromatic N) is 4. The summed E-state index contributed by atoms with van der Waals surface area (Å²) in [6.07, 6.45) is 0.694. The number of Topliss-reactive ketones (excluding diaryl/α,β-unsaturated/α-hetero) is 2. The number of aliphatic hydroxyl groups is 1. The standard InChI is InChI=1S/C22H26N4O5/c1-9-19(28)15-14(20(29)21(9)30-3)13(8-27)26-12(7-23)11-6-10-16(24(11)2)18(26)17(15)25-4-5-31-22(10)25/h10-13,16-18,22,27H,4-6,8H2,1-3H3/t10-,11+,12+,13+,16-,17-,18-,22-/m0/s1. The van der Waals surface area contributed by atoms with Crippen LogP contribution in [0, 0.1) is 17.2 Å². The van der Waals surface area contributed by atoms with Gasteiger partial charge in [0.2, 0.25) is 5.78 Å². The van der Waals surface area contributed by atoms with Gasteiger partial charge < -0.3 is 14.6 Å². The fourth-order valence-electron chi connectivity index (χ4n) is 7.45. The van der Waals surface area contributed by atoms with E-state index in [2.05, 4.69) is 22.9 Å². The maximum Gasteiger partial charge on any atom is 0.226 e. The first kappa shape index (κ1) is 19.6. The predicted molar refractivity (Wildman–Crippen MR) is 106 cm³/mol. The fraction of sp³-hybridized carbons (Fsp3) is 0.682. The first-order chi connectivity index (χ1) is 15.0. The van der Waals surface area contributed by atoms with Crippen molar-refractivity contribution in [1.29, 1.82) is 5.26 Å². The monoisotopic (exact) mass is 426 g/mol. The van der Waals surface area contributed by atoms with Crippen LogP contribution in [0.1, 0.15) is 13.3 Å². The first-order valence-electron chi connectivity index (χ1n) is 10.9. The molecule has 164 valence electrons. The summed E-state index contributed by atoms with van der Waals surface area (Å²) >= 11 is 0. The number of hydrogen-bond acceptors (Lipinski definition) is 9. The quantitative estimate of drug-likeness (QED) is 0.559. The van der Waals surface area contributed by atoms with E-state index in [9.17, 15) is 20.0 Å². The molecular formula is C22H26N4O5. The summed E-state index contributed by atoms with van der Waals surface area (Å²) in [5.74, 6) is -0.292. The minimum atomic E-state index is -0.701. The molecule has 2 bridgehead atoms. The number of ketones is 2. The van der Waals surface area contributed by atoms with E-state index < -0.39 is 12.1 Å². The zero-order chi connectivity index (χ0) is 21.8. The van der Waals surface area contributed by atoms with Crippen molar-refractivity contribution < 1.29 is 24.2 Å². The Labute approximate surface area is 180 Å². The van der Waals surface area contributed by atoms with E-state index in [-0.39, 0.29) is 60.2 Å². The van der Waals surface area contributed by atoms with Crippen LogP contribution in [0.25, 0.3) is 0 Å². The number of allylic oxidation sites excluding steroid dienone is 2. The minimum absolute atomic E-state index is 0.00850. The summed E-state index contributed by atoms with van der Waals surface area (Å²) in [5, 5.41) is 20.7. The van der Waals surface area contributed by atoms with Gasteiger partial charge >= 0.3 is 0 Å². The number of piperidine rings is 1. The average molecular weight is 426 g/mol. The fourth-order valence-corrected chi connectivity index (χ4v) is 7.45. The summed E-state index contributed by atoms with van der Waals surface area (Å²) in [6, 6.07) is 0.854. The topological polar surface area (TPSA) is 106 Å². The summed E-state index contributed by atoms with van der Waals surface area (Å²) in [6.45, 7) is 2.56. The van der Waals surface area contributed by atoms with Gasteiger partial charge in [-0.3, -0.25) is 24.3 Å². The van der Waals surface area contributed by atoms with Crippen molar-refractivity contribution in [3.05, 3.63) is 22.5 Å². The van der Waals surface area contributed by atoms with Gasteiger partial charge in [-0.25, -0.2) is 0 Å². The molecule has 4 fully saturated rings. The molecule has 0 aromatic carbocycles. The molecule has 1 aliphatic carbocycles. The molecule has 0 spiro atoms. The number of likely N-dealkylation sites (N-methyl/N-ethyl adjacent to an activating group) is 1. The smallest absolute Gasteiger partial charge is 0.226 e. The van der Waals surface area contributed by atoms with Crippen molar-refractivity contribution in [3.63, 3.8) is 0 Å². The van der Waals surface area contributed by atoms with Gasteiger partial charge in [-0.15, -0.1) is 0 Å². The third kappa shape index (κ3) is 2.12. The molecule has 0 aromatic rings. The summed E-state index contributed by atoms with van der Waals surface area (Å²) in [7, 11) is 3.44. The number of fused-ring (bicyclic) bond motifs is 5. The molecule has 0 unspecified atom stereocenters. The van der Waals surface area contributed by atoms with Crippen molar-refractivity contribution in [1.82, 2.24) is 14.7 Å². The predicted octanol–water partition coefficient (Wildman–Crippen LogP) is -0.965. The molecule has 31 heavy (non-hydrogen) atoms. The molecule has 1 N–H and O–H groups in total. The second-order valence-electron chi connectivity index (χ2n) is 9.42. The van der Waals surface area contributed by atoms with E-state index in [1.54, 1.807) is 6.92 Å². The van der Waals surface area contributed by atoms with Crippen LogP contribution in [0.5, 0.6) is 0 Å². The maximum atomic E-state index is 13.6. The van der Waals surface area contributed by atoms with E-state index in [0.717, 1.165) is 6.42 Å². The van der Waals surface area contributed by atoms with E-state index in [0.29, 0.717) is 29.9 Å². The van der Waals surface area contributed by atoms with Crippen LogP contribution in [-0.4, -0.2) is 108 Å². The normalized spacial score (nSPS) is 44.5. The number of ether oxygens (including phenoxy) is 2. The highest BCUT2D eigenvalue weighted by molar-refractivity contribution is 6.25. The average Bonchev–Trinajstić information content (AvgIpc) is 3.34.